The first-order valence-electron chi connectivity index (χ1n) is 6.37. The van der Waals surface area contributed by atoms with E-state index in [1.807, 2.05) is 18.2 Å². The second-order valence-corrected chi connectivity index (χ2v) is 4.99. The van der Waals surface area contributed by atoms with Gasteiger partial charge in [-0.15, -0.1) is 0 Å². The van der Waals surface area contributed by atoms with Crippen LogP contribution in [0.2, 0.25) is 0 Å². The number of para-hydroxylation sites is 1. The van der Waals surface area contributed by atoms with Crippen molar-refractivity contribution in [1.29, 1.82) is 0 Å². The summed E-state index contributed by atoms with van der Waals surface area (Å²) in [5.41, 5.74) is 3.23. The number of hydrogen-bond acceptors (Lipinski definition) is 1. The molecule has 0 aliphatic carbocycles. The van der Waals surface area contributed by atoms with Gasteiger partial charge in [-0.3, -0.25) is 4.79 Å². The summed E-state index contributed by atoms with van der Waals surface area (Å²) in [7, 11) is 0. The summed E-state index contributed by atoms with van der Waals surface area (Å²) in [6, 6.07) is 14.3. The molecule has 0 amide bonds. The zero-order valence-corrected chi connectivity index (χ0v) is 10.7. The summed E-state index contributed by atoms with van der Waals surface area (Å²) in [4.78, 5) is 14.3. The zero-order chi connectivity index (χ0) is 13.4. The minimum absolute atomic E-state index is 0.359. The molecule has 0 aliphatic heterocycles. The molecule has 0 spiro atoms. The summed E-state index contributed by atoms with van der Waals surface area (Å²) < 4.78 is 0. The monoisotopic (exact) mass is 253 g/mol. The molecule has 96 valence electrons. The molecule has 19 heavy (non-hydrogen) atoms. The number of rotatable bonds is 3. The molecule has 0 radical (unpaired) electrons. The Morgan fingerprint density at radius 1 is 1.16 bits per heavy atom. The lowest BCUT2D eigenvalue weighted by Gasteiger charge is -2.06. The molecule has 0 fully saturated rings. The Labute approximate surface area is 110 Å². The summed E-state index contributed by atoms with van der Waals surface area (Å²) in [6.45, 7) is 1.73. The van der Waals surface area contributed by atoms with Crippen molar-refractivity contribution in [2.45, 2.75) is 13.3 Å². The number of hydrogen-bond donors (Lipinski definition) is 2. The number of carbonyl (C=O) groups is 1. The largest absolute Gasteiger partial charge is 0.481 e. The fourth-order valence-electron chi connectivity index (χ4n) is 2.47. The summed E-state index contributed by atoms with van der Waals surface area (Å²) >= 11 is 0. The second kappa shape index (κ2) is 4.43. The fourth-order valence-corrected chi connectivity index (χ4v) is 2.47. The number of aromatic nitrogens is 1. The minimum atomic E-state index is -0.753. The molecule has 3 heteroatoms. The van der Waals surface area contributed by atoms with E-state index < -0.39 is 5.97 Å². The predicted octanol–water partition coefficient (Wildman–Crippen LogP) is 3.58. The van der Waals surface area contributed by atoms with Gasteiger partial charge in [0.15, 0.2) is 0 Å². The average Bonchev–Trinajstić information content (AvgIpc) is 2.76. The molecular formula is C16H15NO2. The Morgan fingerprint density at radius 3 is 2.68 bits per heavy atom. The lowest BCUT2D eigenvalue weighted by Crippen LogP contribution is -2.12. The third-order valence-corrected chi connectivity index (χ3v) is 3.53. The molecule has 1 aromatic heterocycles. The minimum Gasteiger partial charge on any atom is -0.481 e. The summed E-state index contributed by atoms with van der Waals surface area (Å²) in [5.74, 6) is -1.11. The average molecular weight is 253 g/mol. The molecular weight excluding hydrogens is 238 g/mol. The maximum atomic E-state index is 10.9. The van der Waals surface area contributed by atoms with E-state index in [1.165, 1.54) is 10.8 Å². The van der Waals surface area contributed by atoms with E-state index in [4.69, 9.17) is 5.11 Å². The van der Waals surface area contributed by atoms with Crippen molar-refractivity contribution in [3.05, 3.63) is 48.0 Å². The van der Waals surface area contributed by atoms with Crippen molar-refractivity contribution in [2.24, 2.45) is 5.92 Å². The van der Waals surface area contributed by atoms with Gasteiger partial charge in [-0.05, 0) is 24.1 Å². The first-order chi connectivity index (χ1) is 9.15. The van der Waals surface area contributed by atoms with Crippen LogP contribution in [0.3, 0.4) is 0 Å². The highest BCUT2D eigenvalue weighted by molar-refractivity contribution is 6.07. The highest BCUT2D eigenvalue weighted by Crippen LogP contribution is 2.26. The number of fused-ring (bicyclic) bond motifs is 3. The van der Waals surface area contributed by atoms with Crippen LogP contribution in [0.5, 0.6) is 0 Å². The van der Waals surface area contributed by atoms with Crippen LogP contribution < -0.4 is 0 Å². The van der Waals surface area contributed by atoms with E-state index in [1.54, 1.807) is 6.92 Å². The zero-order valence-electron chi connectivity index (χ0n) is 10.7. The molecule has 3 nitrogen and oxygen atoms in total. The third-order valence-electron chi connectivity index (χ3n) is 3.53. The topological polar surface area (TPSA) is 53.1 Å². The van der Waals surface area contributed by atoms with Gasteiger partial charge in [0.2, 0.25) is 0 Å². The lowest BCUT2D eigenvalue weighted by atomic mass is 10.00. The van der Waals surface area contributed by atoms with E-state index in [2.05, 4.69) is 29.2 Å². The van der Waals surface area contributed by atoms with Crippen molar-refractivity contribution in [3.63, 3.8) is 0 Å². The Morgan fingerprint density at radius 2 is 1.89 bits per heavy atom. The number of benzene rings is 2. The summed E-state index contributed by atoms with van der Waals surface area (Å²) in [6.07, 6.45) is 0.556. The molecule has 1 atom stereocenters. The van der Waals surface area contributed by atoms with Gasteiger partial charge in [-0.25, -0.2) is 0 Å². The van der Waals surface area contributed by atoms with Crippen molar-refractivity contribution < 1.29 is 9.90 Å². The van der Waals surface area contributed by atoms with Crippen LogP contribution in [-0.4, -0.2) is 16.1 Å². The molecule has 0 saturated carbocycles. The highest BCUT2D eigenvalue weighted by atomic mass is 16.4. The number of H-pyrrole nitrogens is 1. The first-order valence-corrected chi connectivity index (χ1v) is 6.37. The number of aromatic amines is 1. The Bertz CT molecular complexity index is 758. The van der Waals surface area contributed by atoms with E-state index in [0.29, 0.717) is 6.42 Å². The van der Waals surface area contributed by atoms with Gasteiger partial charge >= 0.3 is 5.97 Å². The van der Waals surface area contributed by atoms with Crippen molar-refractivity contribution in [1.82, 2.24) is 4.98 Å². The predicted molar refractivity (Wildman–Crippen MR) is 76.3 cm³/mol. The Kier molecular flexibility index (Phi) is 2.75. The summed E-state index contributed by atoms with van der Waals surface area (Å²) in [5, 5.41) is 11.3. The normalized spacial score (nSPS) is 12.9. The van der Waals surface area contributed by atoms with E-state index in [-0.39, 0.29) is 5.92 Å². The van der Waals surface area contributed by atoms with Crippen molar-refractivity contribution in [2.75, 3.05) is 0 Å². The molecule has 1 heterocycles. The van der Waals surface area contributed by atoms with Crippen molar-refractivity contribution in [3.8, 4) is 0 Å². The lowest BCUT2D eigenvalue weighted by molar-refractivity contribution is -0.141. The smallest absolute Gasteiger partial charge is 0.306 e. The maximum Gasteiger partial charge on any atom is 0.306 e. The van der Waals surface area contributed by atoms with Gasteiger partial charge in [-0.2, -0.15) is 0 Å². The second-order valence-electron chi connectivity index (χ2n) is 4.99. The molecule has 2 N–H and O–H groups in total. The van der Waals surface area contributed by atoms with Crippen LogP contribution in [-0.2, 0) is 11.2 Å². The molecule has 3 aromatic rings. The highest BCUT2D eigenvalue weighted by Gasteiger charge is 2.12. The third kappa shape index (κ3) is 2.08. The molecule has 1 unspecified atom stereocenters. The van der Waals surface area contributed by atoms with Crippen LogP contribution in [0.25, 0.3) is 21.8 Å². The van der Waals surface area contributed by atoms with Crippen LogP contribution in [0.4, 0.5) is 0 Å². The maximum absolute atomic E-state index is 10.9. The van der Waals surface area contributed by atoms with Gasteiger partial charge in [0.05, 0.1) is 5.92 Å². The van der Waals surface area contributed by atoms with Crippen LogP contribution in [0.15, 0.2) is 42.5 Å². The standard InChI is InChI=1S/C16H15NO2/c1-10(16(18)19)8-11-6-7-13-12-4-2-3-5-14(12)17-15(13)9-11/h2-7,9-10,17H,8H2,1H3,(H,18,19). The molecule has 3 rings (SSSR count). The number of carboxylic acids is 1. The number of carboxylic acid groups (broad SMARTS) is 1. The van der Waals surface area contributed by atoms with E-state index in [0.717, 1.165) is 16.6 Å². The Hall–Kier alpha value is -2.29. The van der Waals surface area contributed by atoms with E-state index >= 15 is 0 Å². The molecule has 2 aromatic carbocycles. The number of nitrogens with one attached hydrogen (secondary N) is 1. The van der Waals surface area contributed by atoms with Gasteiger partial charge in [0.25, 0.3) is 0 Å². The van der Waals surface area contributed by atoms with Gasteiger partial charge in [0.1, 0.15) is 0 Å². The quantitative estimate of drug-likeness (QED) is 0.749. The van der Waals surface area contributed by atoms with Gasteiger partial charge < -0.3 is 10.1 Å². The van der Waals surface area contributed by atoms with Gasteiger partial charge in [0, 0.05) is 21.8 Å². The first kappa shape index (κ1) is 11.8. The van der Waals surface area contributed by atoms with Crippen LogP contribution >= 0.6 is 0 Å². The SMILES string of the molecule is CC(Cc1ccc2c(c1)[nH]c1ccccc12)C(=O)O. The van der Waals surface area contributed by atoms with Gasteiger partial charge in [-0.1, -0.05) is 37.3 Å². The van der Waals surface area contributed by atoms with Crippen molar-refractivity contribution >= 4 is 27.8 Å². The number of aliphatic carboxylic acids is 1. The van der Waals surface area contributed by atoms with Crippen LogP contribution in [0.1, 0.15) is 12.5 Å². The Balaban J connectivity index is 2.06. The molecule has 0 bridgehead atoms. The fraction of sp³-hybridized carbons (Fsp3) is 0.188. The molecule has 0 saturated heterocycles. The van der Waals surface area contributed by atoms with Crippen LogP contribution in [0, 0.1) is 5.92 Å². The molecule has 0 aliphatic rings. The van der Waals surface area contributed by atoms with E-state index in [9.17, 15) is 4.79 Å².